The summed E-state index contributed by atoms with van der Waals surface area (Å²) in [7, 11) is 5.64. The van der Waals surface area contributed by atoms with Crippen LogP contribution in [-0.4, -0.2) is 27.0 Å². The molecule has 2 N–H and O–H groups in total. The lowest BCUT2D eigenvalue weighted by atomic mass is 9.95. The third-order valence-corrected chi connectivity index (χ3v) is 4.42. The lowest BCUT2D eigenvalue weighted by molar-refractivity contribution is 0.556. The second-order valence-corrected chi connectivity index (χ2v) is 6.48. The van der Waals surface area contributed by atoms with Crippen molar-refractivity contribution < 1.29 is 4.42 Å². The van der Waals surface area contributed by atoms with Gasteiger partial charge in [-0.15, -0.1) is 0 Å². The van der Waals surface area contributed by atoms with Crippen LogP contribution in [0, 0.1) is 0 Å². The predicted molar refractivity (Wildman–Crippen MR) is 95.5 cm³/mol. The van der Waals surface area contributed by atoms with Gasteiger partial charge in [0.05, 0.1) is 7.85 Å². The van der Waals surface area contributed by atoms with Crippen molar-refractivity contribution >= 4 is 24.5 Å². The van der Waals surface area contributed by atoms with Crippen molar-refractivity contribution in [3.8, 4) is 0 Å². The van der Waals surface area contributed by atoms with Crippen LogP contribution in [-0.2, 0) is 12.8 Å². The van der Waals surface area contributed by atoms with Crippen molar-refractivity contribution in [3.63, 3.8) is 0 Å². The van der Waals surface area contributed by atoms with Crippen LogP contribution >= 0.6 is 0 Å². The summed E-state index contributed by atoms with van der Waals surface area (Å²) in [5.41, 5.74) is 9.76. The van der Waals surface area contributed by atoms with Gasteiger partial charge in [0.1, 0.15) is 5.58 Å². The van der Waals surface area contributed by atoms with E-state index in [4.69, 9.17) is 18.0 Å². The second-order valence-electron chi connectivity index (χ2n) is 6.48. The van der Waals surface area contributed by atoms with E-state index in [1.165, 1.54) is 11.3 Å². The van der Waals surface area contributed by atoms with Gasteiger partial charge in [-0.1, -0.05) is 6.32 Å². The fourth-order valence-electron chi connectivity index (χ4n) is 3.41. The molecule has 1 atom stereocenters. The highest BCUT2D eigenvalue weighted by Crippen LogP contribution is 2.32. The average molecular weight is 310 g/mol. The Bertz CT molecular complexity index is 755. The fourth-order valence-corrected chi connectivity index (χ4v) is 3.41. The molecule has 0 bridgehead atoms. The van der Waals surface area contributed by atoms with E-state index in [1.54, 1.807) is 6.07 Å². The second kappa shape index (κ2) is 6.79. The maximum absolute atomic E-state index is 11.9. The maximum Gasteiger partial charge on any atom is 0.336 e. The Labute approximate surface area is 138 Å². The van der Waals surface area contributed by atoms with Crippen LogP contribution in [0.2, 0.25) is 6.32 Å². The molecule has 0 amide bonds. The molecule has 23 heavy (non-hydrogen) atoms. The number of fused-ring (bicyclic) bond motifs is 2. The van der Waals surface area contributed by atoms with Crippen LogP contribution in [0.25, 0.3) is 11.0 Å². The molecule has 2 aromatic rings. The number of benzene rings is 1. The van der Waals surface area contributed by atoms with Gasteiger partial charge < -0.3 is 15.1 Å². The fraction of sp³-hybridized carbons (Fsp3) is 0.500. The van der Waals surface area contributed by atoms with Crippen molar-refractivity contribution in [1.82, 2.24) is 0 Å². The number of anilines is 1. The summed E-state index contributed by atoms with van der Waals surface area (Å²) in [4.78, 5) is 14.2. The first kappa shape index (κ1) is 16.1. The van der Waals surface area contributed by atoms with E-state index in [1.807, 2.05) is 13.0 Å². The highest BCUT2D eigenvalue weighted by molar-refractivity contribution is 6.08. The molecule has 2 heterocycles. The van der Waals surface area contributed by atoms with Crippen molar-refractivity contribution in [3.05, 3.63) is 39.7 Å². The van der Waals surface area contributed by atoms with E-state index in [-0.39, 0.29) is 11.7 Å². The molecule has 4 nitrogen and oxygen atoms in total. The summed E-state index contributed by atoms with van der Waals surface area (Å²) in [5, 5.41) is 1.02. The van der Waals surface area contributed by atoms with Crippen molar-refractivity contribution in [2.45, 2.75) is 45.0 Å². The number of nitrogens with zero attached hydrogens (tertiary/aromatic N) is 1. The number of hydrogen-bond donors (Lipinski definition) is 1. The Hall–Kier alpha value is -1.75. The summed E-state index contributed by atoms with van der Waals surface area (Å²) >= 11 is 0. The first-order valence-electron chi connectivity index (χ1n) is 8.38. The van der Waals surface area contributed by atoms with E-state index >= 15 is 0 Å². The number of hydrogen-bond acceptors (Lipinski definition) is 4. The van der Waals surface area contributed by atoms with Crippen molar-refractivity contribution in [1.29, 1.82) is 0 Å². The van der Waals surface area contributed by atoms with Gasteiger partial charge in [-0.25, -0.2) is 4.79 Å². The van der Waals surface area contributed by atoms with Crippen LogP contribution in [0.15, 0.2) is 27.4 Å². The Morgan fingerprint density at radius 1 is 1.39 bits per heavy atom. The monoisotopic (exact) mass is 310 g/mol. The molecular formula is C18H23BN2O2. The molecule has 1 unspecified atom stereocenters. The Morgan fingerprint density at radius 2 is 2.22 bits per heavy atom. The van der Waals surface area contributed by atoms with Crippen LogP contribution < -0.4 is 16.3 Å². The molecule has 3 rings (SSSR count). The molecule has 120 valence electrons. The van der Waals surface area contributed by atoms with Gasteiger partial charge in [-0.2, -0.15) is 0 Å². The summed E-state index contributed by atoms with van der Waals surface area (Å²) in [6, 6.07) is 5.79. The third-order valence-electron chi connectivity index (χ3n) is 4.42. The topological polar surface area (TPSA) is 59.5 Å². The summed E-state index contributed by atoms with van der Waals surface area (Å²) in [5.74, 6) is 0. The Kier molecular flexibility index (Phi) is 4.76. The first-order chi connectivity index (χ1) is 11.1. The molecule has 0 saturated heterocycles. The largest absolute Gasteiger partial charge is 0.423 e. The number of aryl methyl sites for hydroxylation is 1. The van der Waals surface area contributed by atoms with Crippen LogP contribution in [0.3, 0.4) is 0 Å². The molecule has 1 aliphatic rings. The normalized spacial score (nSPS) is 15.7. The van der Waals surface area contributed by atoms with Gasteiger partial charge in [0.25, 0.3) is 0 Å². The van der Waals surface area contributed by atoms with Crippen LogP contribution in [0.4, 0.5) is 5.69 Å². The molecule has 1 aromatic heterocycles. The van der Waals surface area contributed by atoms with E-state index in [9.17, 15) is 4.79 Å². The summed E-state index contributed by atoms with van der Waals surface area (Å²) in [6.07, 6.45) is 4.53. The summed E-state index contributed by atoms with van der Waals surface area (Å²) < 4.78 is 5.46. The smallest absolute Gasteiger partial charge is 0.336 e. The highest BCUT2D eigenvalue weighted by Gasteiger charge is 2.19. The number of rotatable bonds is 5. The zero-order valence-corrected chi connectivity index (χ0v) is 13.7. The molecule has 1 aliphatic heterocycles. The average Bonchev–Trinajstić information content (AvgIpc) is 2.50. The van der Waals surface area contributed by atoms with Gasteiger partial charge in [0, 0.05) is 42.3 Å². The van der Waals surface area contributed by atoms with Gasteiger partial charge in [0.2, 0.25) is 0 Å². The van der Waals surface area contributed by atoms with Gasteiger partial charge in [-0.05, 0) is 49.8 Å². The lowest BCUT2D eigenvalue weighted by Crippen LogP contribution is -2.30. The van der Waals surface area contributed by atoms with Gasteiger partial charge >= 0.3 is 5.63 Å². The SMILES string of the molecule is [B]CCCN1CCCc2cc3c(CC(C)N)cc(=O)oc3cc21. The molecule has 0 spiro atoms. The quantitative estimate of drug-likeness (QED) is 0.680. The zero-order chi connectivity index (χ0) is 16.4. The predicted octanol–water partition coefficient (Wildman–Crippen LogP) is 2.41. The van der Waals surface area contributed by atoms with Crippen molar-refractivity contribution in [2.75, 3.05) is 18.0 Å². The number of nitrogens with two attached hydrogens (primary N) is 1. The van der Waals surface area contributed by atoms with Crippen LogP contribution in [0.5, 0.6) is 0 Å². The molecule has 5 heteroatoms. The Balaban J connectivity index is 2.09. The van der Waals surface area contributed by atoms with E-state index in [0.717, 1.165) is 43.3 Å². The van der Waals surface area contributed by atoms with Gasteiger partial charge in [0.15, 0.2) is 0 Å². The maximum atomic E-state index is 11.9. The van der Waals surface area contributed by atoms with E-state index < -0.39 is 0 Å². The van der Waals surface area contributed by atoms with Gasteiger partial charge in [-0.3, -0.25) is 0 Å². The molecule has 1 aromatic carbocycles. The summed E-state index contributed by atoms with van der Waals surface area (Å²) in [6.45, 7) is 3.93. The standard InChI is InChI=1S/C18H23BN2O2/c1-12(20)8-14-10-18(22)23-17-11-16-13(9-15(14)17)4-2-6-21(16)7-3-5-19/h9-12H,2-8,20H2,1H3. The first-order valence-corrected chi connectivity index (χ1v) is 8.38. The molecule has 0 fully saturated rings. The van der Waals surface area contributed by atoms with E-state index in [2.05, 4.69) is 11.0 Å². The van der Waals surface area contributed by atoms with E-state index in [0.29, 0.717) is 18.3 Å². The molecule has 2 radical (unpaired) electrons. The Morgan fingerprint density at radius 3 is 2.96 bits per heavy atom. The third kappa shape index (κ3) is 3.45. The zero-order valence-electron chi connectivity index (χ0n) is 13.7. The lowest BCUT2D eigenvalue weighted by Gasteiger charge is -2.31. The van der Waals surface area contributed by atoms with Crippen LogP contribution in [0.1, 0.15) is 30.9 Å². The highest BCUT2D eigenvalue weighted by atomic mass is 16.4. The molecular weight excluding hydrogens is 287 g/mol. The minimum Gasteiger partial charge on any atom is -0.423 e. The minimum absolute atomic E-state index is 0.0112. The van der Waals surface area contributed by atoms with Crippen molar-refractivity contribution in [2.24, 2.45) is 5.73 Å². The minimum atomic E-state index is -0.308. The molecule has 0 aliphatic carbocycles. The molecule has 0 saturated carbocycles.